The van der Waals surface area contributed by atoms with Gasteiger partial charge in [-0.15, -0.1) is 11.8 Å². The third-order valence-corrected chi connectivity index (χ3v) is 5.42. The molecule has 0 aromatic heterocycles. The van der Waals surface area contributed by atoms with E-state index in [0.29, 0.717) is 27.2 Å². The number of thioether (sulfide) groups is 1. The van der Waals surface area contributed by atoms with Gasteiger partial charge in [-0.3, -0.25) is 4.79 Å². The molecule has 0 radical (unpaired) electrons. The number of amides is 1. The zero-order valence-corrected chi connectivity index (χ0v) is 14.7. The number of fused-ring (bicyclic) bond motifs is 1. The van der Waals surface area contributed by atoms with Gasteiger partial charge in [-0.2, -0.15) is 0 Å². The van der Waals surface area contributed by atoms with Crippen molar-refractivity contribution in [1.82, 2.24) is 0 Å². The third kappa shape index (κ3) is 3.94. The number of hydrogen-bond donors (Lipinski definition) is 2. The van der Waals surface area contributed by atoms with Gasteiger partial charge in [-0.25, -0.2) is 0 Å². The molecule has 120 valence electrons. The fourth-order valence-corrected chi connectivity index (χ4v) is 3.89. The van der Waals surface area contributed by atoms with Gasteiger partial charge in [0, 0.05) is 10.6 Å². The molecule has 3 rings (SSSR count). The van der Waals surface area contributed by atoms with Crippen LogP contribution >= 0.6 is 35.0 Å². The van der Waals surface area contributed by atoms with Gasteiger partial charge in [0.05, 0.1) is 21.5 Å². The normalized spacial score (nSPS) is 13.0. The van der Waals surface area contributed by atoms with Crippen molar-refractivity contribution in [3.63, 3.8) is 0 Å². The summed E-state index contributed by atoms with van der Waals surface area (Å²) in [6, 6.07) is 9.64. The molecule has 3 nitrogen and oxygen atoms in total. The number of nitrogen functional groups attached to an aromatic ring is 1. The van der Waals surface area contributed by atoms with Crippen molar-refractivity contribution in [2.24, 2.45) is 0 Å². The highest BCUT2D eigenvalue weighted by atomic mass is 35.5. The molecule has 1 aliphatic rings. The molecule has 3 N–H and O–H groups in total. The Hall–Kier alpha value is -1.36. The predicted octanol–water partition coefficient (Wildman–Crippen LogP) is 4.80. The van der Waals surface area contributed by atoms with Crippen LogP contribution in [0.3, 0.4) is 0 Å². The Morgan fingerprint density at radius 1 is 1.13 bits per heavy atom. The Kier molecular flexibility index (Phi) is 5.05. The first-order valence-electron chi connectivity index (χ1n) is 7.32. The van der Waals surface area contributed by atoms with Gasteiger partial charge in [-0.05, 0) is 54.7 Å². The minimum Gasteiger partial charge on any atom is -0.396 e. The molecule has 2 aromatic rings. The number of carbonyl (C=O) groups is 1. The lowest BCUT2D eigenvalue weighted by atomic mass is 10.1. The fourth-order valence-electron chi connectivity index (χ4n) is 2.64. The lowest BCUT2D eigenvalue weighted by Crippen LogP contribution is -2.14. The molecule has 1 aliphatic carbocycles. The SMILES string of the molecule is Nc1c(Cl)cc(NC(=O)CSc2ccc3c(c2)CCC3)cc1Cl. The van der Waals surface area contributed by atoms with Crippen LogP contribution in [0.15, 0.2) is 35.2 Å². The number of nitrogens with two attached hydrogens (primary N) is 1. The molecule has 0 saturated carbocycles. The Balaban J connectivity index is 1.59. The summed E-state index contributed by atoms with van der Waals surface area (Å²) >= 11 is 13.4. The number of carbonyl (C=O) groups excluding carboxylic acids is 1. The van der Waals surface area contributed by atoms with Gasteiger partial charge < -0.3 is 11.1 Å². The van der Waals surface area contributed by atoms with E-state index in [1.807, 2.05) is 0 Å². The van der Waals surface area contributed by atoms with Gasteiger partial charge in [0.25, 0.3) is 0 Å². The molecule has 0 heterocycles. The molecule has 1 amide bonds. The van der Waals surface area contributed by atoms with Gasteiger partial charge in [-0.1, -0.05) is 29.3 Å². The number of benzene rings is 2. The first kappa shape index (κ1) is 16.5. The average molecular weight is 367 g/mol. The van der Waals surface area contributed by atoms with Crippen LogP contribution < -0.4 is 11.1 Å². The lowest BCUT2D eigenvalue weighted by Gasteiger charge is -2.09. The monoisotopic (exact) mass is 366 g/mol. The quantitative estimate of drug-likeness (QED) is 0.603. The molecule has 6 heteroatoms. The van der Waals surface area contributed by atoms with Crippen molar-refractivity contribution in [3.8, 4) is 0 Å². The van der Waals surface area contributed by atoms with E-state index in [1.165, 1.54) is 35.7 Å². The van der Waals surface area contributed by atoms with Crippen LogP contribution in [0, 0.1) is 0 Å². The molecule has 0 atom stereocenters. The first-order chi connectivity index (χ1) is 11.0. The number of halogens is 2. The molecular formula is C17H16Cl2N2OS. The third-order valence-electron chi connectivity index (χ3n) is 3.80. The van der Waals surface area contributed by atoms with E-state index in [0.717, 1.165) is 11.3 Å². The Bertz CT molecular complexity index is 741. The van der Waals surface area contributed by atoms with Crippen molar-refractivity contribution >= 4 is 52.2 Å². The molecule has 0 aliphatic heterocycles. The molecule has 23 heavy (non-hydrogen) atoms. The maximum absolute atomic E-state index is 12.1. The molecule has 0 saturated heterocycles. The van der Waals surface area contributed by atoms with Crippen molar-refractivity contribution in [1.29, 1.82) is 0 Å². The largest absolute Gasteiger partial charge is 0.396 e. The van der Waals surface area contributed by atoms with E-state index < -0.39 is 0 Å². The summed E-state index contributed by atoms with van der Waals surface area (Å²) in [6.07, 6.45) is 3.53. The number of aryl methyl sites for hydroxylation is 2. The average Bonchev–Trinajstić information content (AvgIpc) is 2.98. The molecule has 2 aromatic carbocycles. The summed E-state index contributed by atoms with van der Waals surface area (Å²) in [5.74, 6) is 0.227. The van der Waals surface area contributed by atoms with Crippen LogP contribution in [0.2, 0.25) is 10.0 Å². The van der Waals surface area contributed by atoms with Gasteiger partial charge in [0.1, 0.15) is 0 Å². The maximum Gasteiger partial charge on any atom is 0.234 e. The predicted molar refractivity (Wildman–Crippen MR) is 98.7 cm³/mol. The smallest absolute Gasteiger partial charge is 0.234 e. The molecular weight excluding hydrogens is 351 g/mol. The fraction of sp³-hybridized carbons (Fsp3) is 0.235. The minimum absolute atomic E-state index is 0.104. The zero-order valence-electron chi connectivity index (χ0n) is 12.4. The zero-order chi connectivity index (χ0) is 16.4. The number of rotatable bonds is 4. The van der Waals surface area contributed by atoms with E-state index in [2.05, 4.69) is 23.5 Å². The maximum atomic E-state index is 12.1. The van der Waals surface area contributed by atoms with E-state index in [4.69, 9.17) is 28.9 Å². The first-order valence-corrected chi connectivity index (χ1v) is 9.06. The van der Waals surface area contributed by atoms with Crippen LogP contribution in [0.4, 0.5) is 11.4 Å². The van der Waals surface area contributed by atoms with Gasteiger partial charge >= 0.3 is 0 Å². The number of hydrogen-bond acceptors (Lipinski definition) is 3. The number of nitrogens with one attached hydrogen (secondary N) is 1. The van der Waals surface area contributed by atoms with Gasteiger partial charge in [0.2, 0.25) is 5.91 Å². The Morgan fingerprint density at radius 2 is 1.83 bits per heavy atom. The second kappa shape index (κ2) is 7.04. The van der Waals surface area contributed by atoms with Crippen molar-refractivity contribution in [2.45, 2.75) is 24.2 Å². The Morgan fingerprint density at radius 3 is 2.57 bits per heavy atom. The summed E-state index contributed by atoms with van der Waals surface area (Å²) in [5.41, 5.74) is 9.39. The molecule has 0 bridgehead atoms. The molecule has 0 unspecified atom stereocenters. The minimum atomic E-state index is -0.104. The standard InChI is InChI=1S/C17H16Cl2N2OS/c18-14-7-12(8-15(19)17(14)20)21-16(22)9-23-13-5-4-10-2-1-3-11(10)6-13/h4-8H,1-3,9,20H2,(H,21,22). The summed E-state index contributed by atoms with van der Waals surface area (Å²) in [6.45, 7) is 0. The highest BCUT2D eigenvalue weighted by Crippen LogP contribution is 2.31. The summed E-state index contributed by atoms with van der Waals surface area (Å²) in [4.78, 5) is 13.2. The topological polar surface area (TPSA) is 55.1 Å². The van der Waals surface area contributed by atoms with Crippen LogP contribution in [-0.2, 0) is 17.6 Å². The lowest BCUT2D eigenvalue weighted by molar-refractivity contribution is -0.113. The van der Waals surface area contributed by atoms with Gasteiger partial charge in [0.15, 0.2) is 0 Å². The second-order valence-electron chi connectivity index (χ2n) is 5.47. The van der Waals surface area contributed by atoms with Crippen LogP contribution in [0.1, 0.15) is 17.5 Å². The van der Waals surface area contributed by atoms with Crippen molar-refractivity contribution in [3.05, 3.63) is 51.5 Å². The van der Waals surface area contributed by atoms with Crippen molar-refractivity contribution < 1.29 is 4.79 Å². The Labute approximate surface area is 149 Å². The highest BCUT2D eigenvalue weighted by Gasteiger charge is 2.12. The van der Waals surface area contributed by atoms with E-state index in [1.54, 1.807) is 12.1 Å². The molecule has 0 spiro atoms. The van der Waals surface area contributed by atoms with E-state index in [9.17, 15) is 4.79 Å². The summed E-state index contributed by atoms with van der Waals surface area (Å²) < 4.78 is 0. The summed E-state index contributed by atoms with van der Waals surface area (Å²) in [7, 11) is 0. The molecule has 0 fully saturated rings. The van der Waals surface area contributed by atoms with E-state index >= 15 is 0 Å². The number of anilines is 2. The summed E-state index contributed by atoms with van der Waals surface area (Å²) in [5, 5.41) is 3.45. The van der Waals surface area contributed by atoms with Crippen LogP contribution in [0.25, 0.3) is 0 Å². The van der Waals surface area contributed by atoms with Crippen molar-refractivity contribution in [2.75, 3.05) is 16.8 Å². The van der Waals surface area contributed by atoms with Crippen LogP contribution in [0.5, 0.6) is 0 Å². The second-order valence-corrected chi connectivity index (χ2v) is 7.34. The van der Waals surface area contributed by atoms with E-state index in [-0.39, 0.29) is 5.91 Å². The highest BCUT2D eigenvalue weighted by molar-refractivity contribution is 8.00. The van der Waals surface area contributed by atoms with Crippen LogP contribution in [-0.4, -0.2) is 11.7 Å².